The second-order valence-corrected chi connectivity index (χ2v) is 7.65. The van der Waals surface area contributed by atoms with Gasteiger partial charge in [-0.1, -0.05) is 18.2 Å². The lowest BCUT2D eigenvalue weighted by Crippen LogP contribution is -2.46. The summed E-state index contributed by atoms with van der Waals surface area (Å²) in [6, 6.07) is 15.7. The van der Waals surface area contributed by atoms with E-state index in [0.717, 1.165) is 26.1 Å². The Morgan fingerprint density at radius 2 is 1.53 bits per heavy atom. The van der Waals surface area contributed by atoms with Crippen molar-refractivity contribution < 1.29 is 14.3 Å². The smallest absolute Gasteiger partial charge is 0.323 e. The molecular formula is C23H30N4O3. The molecule has 0 spiro atoms. The molecule has 160 valence electrons. The van der Waals surface area contributed by atoms with Crippen molar-refractivity contribution in [1.82, 2.24) is 10.2 Å². The summed E-state index contributed by atoms with van der Waals surface area (Å²) in [5.74, 6) is -0.112. The average molecular weight is 411 g/mol. The molecule has 1 aliphatic heterocycles. The Labute approximate surface area is 177 Å². The Morgan fingerprint density at radius 3 is 2.17 bits per heavy atom. The highest BCUT2D eigenvalue weighted by atomic mass is 16.5. The lowest BCUT2D eigenvalue weighted by atomic mass is 10.2. The van der Waals surface area contributed by atoms with Gasteiger partial charge in [-0.05, 0) is 56.7 Å². The molecule has 0 radical (unpaired) electrons. The molecule has 2 aromatic carbocycles. The molecule has 1 aliphatic rings. The maximum Gasteiger partial charge on any atom is 0.323 e. The summed E-state index contributed by atoms with van der Waals surface area (Å²) in [5.41, 5.74) is 1.90. The summed E-state index contributed by atoms with van der Waals surface area (Å²) in [5, 5.41) is 8.47. The number of hydrogen-bond donors (Lipinski definition) is 3. The fraction of sp³-hybridized carbons (Fsp3) is 0.391. The molecule has 0 aliphatic carbocycles. The van der Waals surface area contributed by atoms with Crippen molar-refractivity contribution in [3.05, 3.63) is 60.2 Å². The minimum Gasteiger partial charge on any atom is -0.373 e. The molecule has 0 saturated carbocycles. The summed E-state index contributed by atoms with van der Waals surface area (Å²) in [6.45, 7) is 7.62. The van der Waals surface area contributed by atoms with Crippen molar-refractivity contribution in [1.29, 1.82) is 0 Å². The Hall–Kier alpha value is -2.90. The Kier molecular flexibility index (Phi) is 7.82. The van der Waals surface area contributed by atoms with E-state index < -0.39 is 0 Å². The van der Waals surface area contributed by atoms with Crippen LogP contribution in [0.3, 0.4) is 0 Å². The first-order chi connectivity index (χ1) is 14.5. The van der Waals surface area contributed by atoms with Crippen molar-refractivity contribution in [2.24, 2.45) is 0 Å². The van der Waals surface area contributed by atoms with Crippen LogP contribution in [0.4, 0.5) is 16.2 Å². The van der Waals surface area contributed by atoms with E-state index in [0.29, 0.717) is 23.5 Å². The number of nitrogens with one attached hydrogen (secondary N) is 3. The summed E-state index contributed by atoms with van der Waals surface area (Å²) in [7, 11) is 0. The van der Waals surface area contributed by atoms with Crippen molar-refractivity contribution >= 4 is 23.3 Å². The van der Waals surface area contributed by atoms with Crippen LogP contribution in [0.25, 0.3) is 0 Å². The Morgan fingerprint density at radius 1 is 0.933 bits per heavy atom. The van der Waals surface area contributed by atoms with Crippen LogP contribution in [-0.2, 0) is 4.74 Å². The zero-order valence-electron chi connectivity index (χ0n) is 17.6. The standard InChI is InChI=1S/C23H30N4O3/c1-17-15-27(16-18(2)30-17)14-6-13-24-22(28)19-9-11-21(12-10-19)26-23(29)25-20-7-4-3-5-8-20/h3-5,7-12,17-18H,6,13-16H2,1-2H3,(H,24,28)(H2,25,26,29)/t17-,18-/m0/s1. The van der Waals surface area contributed by atoms with E-state index in [4.69, 9.17) is 4.74 Å². The lowest BCUT2D eigenvalue weighted by Gasteiger charge is -2.35. The van der Waals surface area contributed by atoms with Crippen LogP contribution in [-0.4, -0.2) is 55.2 Å². The number of rotatable bonds is 7. The maximum atomic E-state index is 12.3. The van der Waals surface area contributed by atoms with Gasteiger partial charge in [-0.3, -0.25) is 9.69 Å². The van der Waals surface area contributed by atoms with Crippen LogP contribution in [0.5, 0.6) is 0 Å². The molecule has 30 heavy (non-hydrogen) atoms. The number of morpholine rings is 1. The van der Waals surface area contributed by atoms with E-state index >= 15 is 0 Å². The van der Waals surface area contributed by atoms with Crippen LogP contribution in [0.15, 0.2) is 54.6 Å². The van der Waals surface area contributed by atoms with E-state index in [1.165, 1.54) is 0 Å². The number of urea groups is 1. The van der Waals surface area contributed by atoms with Crippen molar-refractivity contribution in [2.75, 3.05) is 36.8 Å². The first-order valence-electron chi connectivity index (χ1n) is 10.4. The van der Waals surface area contributed by atoms with Crippen LogP contribution in [0.2, 0.25) is 0 Å². The van der Waals surface area contributed by atoms with Gasteiger partial charge in [0.15, 0.2) is 0 Å². The van der Waals surface area contributed by atoms with Crippen molar-refractivity contribution in [3.8, 4) is 0 Å². The van der Waals surface area contributed by atoms with Gasteiger partial charge >= 0.3 is 6.03 Å². The van der Waals surface area contributed by atoms with E-state index in [1.54, 1.807) is 24.3 Å². The number of benzene rings is 2. The monoisotopic (exact) mass is 410 g/mol. The zero-order chi connectivity index (χ0) is 21.3. The third-order valence-electron chi connectivity index (χ3n) is 4.87. The van der Waals surface area contributed by atoms with Crippen molar-refractivity contribution in [3.63, 3.8) is 0 Å². The molecule has 7 heteroatoms. The number of para-hydroxylation sites is 1. The van der Waals surface area contributed by atoms with Crippen LogP contribution in [0, 0.1) is 0 Å². The number of nitrogens with zero attached hydrogens (tertiary/aromatic N) is 1. The second-order valence-electron chi connectivity index (χ2n) is 7.65. The van der Waals surface area contributed by atoms with Gasteiger partial charge in [0.05, 0.1) is 12.2 Å². The molecule has 1 heterocycles. The SMILES string of the molecule is C[C@H]1CN(CCCNC(=O)c2ccc(NC(=O)Nc3ccccc3)cc2)C[C@H](C)O1. The lowest BCUT2D eigenvalue weighted by molar-refractivity contribution is -0.0680. The number of ether oxygens (including phenoxy) is 1. The summed E-state index contributed by atoms with van der Waals surface area (Å²) in [6.07, 6.45) is 1.40. The fourth-order valence-electron chi connectivity index (χ4n) is 3.59. The van der Waals surface area contributed by atoms with Gasteiger partial charge in [0.1, 0.15) is 0 Å². The largest absolute Gasteiger partial charge is 0.373 e. The molecule has 3 N–H and O–H groups in total. The van der Waals surface area contributed by atoms with Crippen LogP contribution in [0.1, 0.15) is 30.6 Å². The maximum absolute atomic E-state index is 12.3. The third-order valence-corrected chi connectivity index (χ3v) is 4.87. The molecule has 0 unspecified atom stereocenters. The zero-order valence-corrected chi connectivity index (χ0v) is 17.6. The summed E-state index contributed by atoms with van der Waals surface area (Å²) >= 11 is 0. The molecule has 1 fully saturated rings. The number of hydrogen-bond acceptors (Lipinski definition) is 4. The van der Waals surface area contributed by atoms with Gasteiger partial charge in [-0.2, -0.15) is 0 Å². The summed E-state index contributed by atoms with van der Waals surface area (Å²) in [4.78, 5) is 26.7. The van der Waals surface area contributed by atoms with Gasteiger partial charge in [0, 0.05) is 43.1 Å². The van der Waals surface area contributed by atoms with Gasteiger partial charge in [-0.25, -0.2) is 4.79 Å². The predicted octanol–water partition coefficient (Wildman–Crippen LogP) is 3.56. The second kappa shape index (κ2) is 10.8. The third kappa shape index (κ3) is 6.86. The van der Waals surface area contributed by atoms with Crippen LogP contribution >= 0.6 is 0 Å². The van der Waals surface area contributed by atoms with Crippen molar-refractivity contribution in [2.45, 2.75) is 32.5 Å². The predicted molar refractivity (Wildman–Crippen MR) is 119 cm³/mol. The van der Waals surface area contributed by atoms with Gasteiger partial charge in [0.2, 0.25) is 0 Å². The highest BCUT2D eigenvalue weighted by Crippen LogP contribution is 2.12. The molecule has 7 nitrogen and oxygen atoms in total. The average Bonchev–Trinajstić information content (AvgIpc) is 2.71. The highest BCUT2D eigenvalue weighted by molar-refractivity contribution is 6.00. The normalized spacial score (nSPS) is 19.1. The highest BCUT2D eigenvalue weighted by Gasteiger charge is 2.21. The molecule has 0 aromatic heterocycles. The number of amides is 3. The molecular weight excluding hydrogens is 380 g/mol. The molecule has 3 amide bonds. The molecule has 2 atom stereocenters. The number of anilines is 2. The molecule has 3 rings (SSSR count). The van der Waals surface area contributed by atoms with E-state index in [2.05, 4.69) is 34.7 Å². The molecule has 0 bridgehead atoms. The van der Waals surface area contributed by atoms with E-state index in [9.17, 15) is 9.59 Å². The molecule has 1 saturated heterocycles. The first kappa shape index (κ1) is 21.8. The minimum atomic E-state index is -0.329. The quantitative estimate of drug-likeness (QED) is 0.610. The summed E-state index contributed by atoms with van der Waals surface area (Å²) < 4.78 is 5.74. The Balaban J connectivity index is 1.38. The topological polar surface area (TPSA) is 82.7 Å². The minimum absolute atomic E-state index is 0.112. The van der Waals surface area contributed by atoms with Crippen LogP contribution < -0.4 is 16.0 Å². The molecule has 2 aromatic rings. The van der Waals surface area contributed by atoms with E-state index in [1.807, 2.05) is 30.3 Å². The number of carbonyl (C=O) groups excluding carboxylic acids is 2. The van der Waals surface area contributed by atoms with E-state index in [-0.39, 0.29) is 24.1 Å². The van der Waals surface area contributed by atoms with Gasteiger partial charge in [-0.15, -0.1) is 0 Å². The Bertz CT molecular complexity index is 816. The fourth-order valence-corrected chi connectivity index (χ4v) is 3.59. The number of carbonyl (C=O) groups is 2. The van der Waals surface area contributed by atoms with Gasteiger partial charge in [0.25, 0.3) is 5.91 Å². The first-order valence-corrected chi connectivity index (χ1v) is 10.4. The van der Waals surface area contributed by atoms with Gasteiger partial charge < -0.3 is 20.7 Å².